The SMILES string of the molecule is CC1(CCCC2CCCCC2)C(=O)CC(=O)c2ccccc21. The monoisotopic (exact) mass is 298 g/mol. The van der Waals surface area contributed by atoms with E-state index in [4.69, 9.17) is 0 Å². The topological polar surface area (TPSA) is 34.1 Å². The van der Waals surface area contributed by atoms with Crippen LogP contribution in [0, 0.1) is 5.92 Å². The first-order chi connectivity index (χ1) is 10.6. The van der Waals surface area contributed by atoms with E-state index >= 15 is 0 Å². The molecule has 1 fully saturated rings. The fraction of sp³-hybridized carbons (Fsp3) is 0.600. The minimum absolute atomic E-state index is 0.00893. The van der Waals surface area contributed by atoms with E-state index in [0.29, 0.717) is 0 Å². The molecule has 0 aromatic heterocycles. The van der Waals surface area contributed by atoms with Gasteiger partial charge in [0, 0.05) is 5.56 Å². The summed E-state index contributed by atoms with van der Waals surface area (Å²) in [6.45, 7) is 2.04. The molecule has 1 saturated carbocycles. The zero-order valence-corrected chi connectivity index (χ0v) is 13.6. The van der Waals surface area contributed by atoms with Gasteiger partial charge in [-0.1, -0.05) is 69.2 Å². The van der Waals surface area contributed by atoms with Crippen LogP contribution in [0.5, 0.6) is 0 Å². The Morgan fingerprint density at radius 1 is 1.09 bits per heavy atom. The summed E-state index contributed by atoms with van der Waals surface area (Å²) in [7, 11) is 0. The number of ketones is 2. The lowest BCUT2D eigenvalue weighted by Gasteiger charge is -2.34. The molecule has 0 saturated heterocycles. The Balaban J connectivity index is 1.72. The van der Waals surface area contributed by atoms with Crippen LogP contribution in [0.1, 0.15) is 80.6 Å². The molecule has 2 heteroatoms. The second kappa shape index (κ2) is 6.36. The van der Waals surface area contributed by atoms with E-state index in [2.05, 4.69) is 0 Å². The van der Waals surface area contributed by atoms with Crippen LogP contribution in [-0.4, -0.2) is 11.6 Å². The Bertz CT molecular complexity index is 569. The number of benzene rings is 1. The summed E-state index contributed by atoms with van der Waals surface area (Å²) in [6, 6.07) is 7.70. The maximum atomic E-state index is 12.6. The second-order valence-corrected chi connectivity index (χ2v) is 7.30. The van der Waals surface area contributed by atoms with Gasteiger partial charge in [-0.25, -0.2) is 0 Å². The van der Waals surface area contributed by atoms with Gasteiger partial charge in [-0.05, 0) is 24.8 Å². The van der Waals surface area contributed by atoms with E-state index in [0.717, 1.165) is 29.9 Å². The molecule has 22 heavy (non-hydrogen) atoms. The fourth-order valence-corrected chi connectivity index (χ4v) is 4.29. The highest BCUT2D eigenvalue weighted by atomic mass is 16.2. The van der Waals surface area contributed by atoms with Crippen LogP contribution in [0.4, 0.5) is 0 Å². The third-order valence-electron chi connectivity index (χ3n) is 5.77. The third kappa shape index (κ3) is 2.88. The average Bonchev–Trinajstić information content (AvgIpc) is 2.54. The van der Waals surface area contributed by atoms with Crippen molar-refractivity contribution >= 4 is 11.6 Å². The van der Waals surface area contributed by atoms with Crippen molar-refractivity contribution in [1.82, 2.24) is 0 Å². The third-order valence-corrected chi connectivity index (χ3v) is 5.77. The highest BCUT2D eigenvalue weighted by Crippen LogP contribution is 2.39. The van der Waals surface area contributed by atoms with Crippen LogP contribution < -0.4 is 0 Å². The van der Waals surface area contributed by atoms with Gasteiger partial charge < -0.3 is 0 Å². The van der Waals surface area contributed by atoms with Gasteiger partial charge >= 0.3 is 0 Å². The van der Waals surface area contributed by atoms with Crippen LogP contribution in [0.25, 0.3) is 0 Å². The maximum absolute atomic E-state index is 12.6. The lowest BCUT2D eigenvalue weighted by Crippen LogP contribution is -2.39. The minimum Gasteiger partial charge on any atom is -0.298 e. The van der Waals surface area contributed by atoms with Crippen molar-refractivity contribution in [3.8, 4) is 0 Å². The quantitative estimate of drug-likeness (QED) is 0.745. The maximum Gasteiger partial charge on any atom is 0.170 e. The first-order valence-electron chi connectivity index (χ1n) is 8.77. The molecule has 1 aromatic carbocycles. The predicted molar refractivity (Wildman–Crippen MR) is 88.2 cm³/mol. The van der Waals surface area contributed by atoms with E-state index in [9.17, 15) is 9.59 Å². The summed E-state index contributed by atoms with van der Waals surface area (Å²) >= 11 is 0. The zero-order valence-electron chi connectivity index (χ0n) is 13.6. The van der Waals surface area contributed by atoms with E-state index in [-0.39, 0.29) is 18.0 Å². The van der Waals surface area contributed by atoms with Crippen molar-refractivity contribution in [3.05, 3.63) is 35.4 Å². The summed E-state index contributed by atoms with van der Waals surface area (Å²) < 4.78 is 0. The van der Waals surface area contributed by atoms with Crippen molar-refractivity contribution in [2.24, 2.45) is 5.92 Å². The highest BCUT2D eigenvalue weighted by molar-refractivity contribution is 6.15. The molecule has 0 bridgehead atoms. The molecule has 0 amide bonds. The molecule has 1 aromatic rings. The van der Waals surface area contributed by atoms with Crippen molar-refractivity contribution in [2.75, 3.05) is 0 Å². The molecular weight excluding hydrogens is 272 g/mol. The number of hydrogen-bond acceptors (Lipinski definition) is 2. The normalized spacial score (nSPS) is 26.0. The molecule has 0 N–H and O–H groups in total. The van der Waals surface area contributed by atoms with Gasteiger partial charge in [0.25, 0.3) is 0 Å². The van der Waals surface area contributed by atoms with Gasteiger partial charge in [0.2, 0.25) is 0 Å². The number of fused-ring (bicyclic) bond motifs is 1. The first-order valence-corrected chi connectivity index (χ1v) is 8.77. The van der Waals surface area contributed by atoms with E-state index in [1.165, 1.54) is 38.5 Å². The van der Waals surface area contributed by atoms with Crippen LogP contribution in [0.2, 0.25) is 0 Å². The molecule has 0 aliphatic heterocycles. The van der Waals surface area contributed by atoms with Crippen molar-refractivity contribution in [2.45, 2.75) is 70.1 Å². The van der Waals surface area contributed by atoms with Gasteiger partial charge in [0.05, 0.1) is 11.8 Å². The average molecular weight is 298 g/mol. The van der Waals surface area contributed by atoms with E-state index in [1.54, 1.807) is 0 Å². The summed E-state index contributed by atoms with van der Waals surface area (Å²) in [6.07, 6.45) is 10.1. The lowest BCUT2D eigenvalue weighted by atomic mass is 9.67. The molecule has 0 heterocycles. The molecule has 1 atom stereocenters. The Labute approximate surface area is 133 Å². The number of Topliss-reactive ketones (excluding diaryl/α,β-unsaturated/α-hetero) is 2. The summed E-state index contributed by atoms with van der Waals surface area (Å²) in [5.41, 5.74) is 1.27. The van der Waals surface area contributed by atoms with Crippen LogP contribution in [-0.2, 0) is 10.2 Å². The second-order valence-electron chi connectivity index (χ2n) is 7.30. The molecule has 0 spiro atoms. The Hall–Kier alpha value is -1.44. The Kier molecular flexibility index (Phi) is 4.46. The summed E-state index contributed by atoms with van der Waals surface area (Å²) in [4.78, 5) is 24.6. The Morgan fingerprint density at radius 2 is 1.82 bits per heavy atom. The molecule has 2 aliphatic carbocycles. The number of hydrogen-bond donors (Lipinski definition) is 0. The first kappa shape index (κ1) is 15.5. The van der Waals surface area contributed by atoms with Gasteiger partial charge in [0.15, 0.2) is 11.6 Å². The standard InChI is InChI=1S/C20H26O2/c1-20(13-7-10-15-8-3-2-4-9-15)17-12-6-5-11-16(17)18(21)14-19(20)22/h5-6,11-12,15H,2-4,7-10,13-14H2,1H3. The number of carbonyl (C=O) groups is 2. The number of rotatable bonds is 4. The van der Waals surface area contributed by atoms with Crippen LogP contribution in [0.15, 0.2) is 24.3 Å². The largest absolute Gasteiger partial charge is 0.298 e. The molecule has 0 radical (unpaired) electrons. The highest BCUT2D eigenvalue weighted by Gasteiger charge is 2.41. The molecule has 2 nitrogen and oxygen atoms in total. The van der Waals surface area contributed by atoms with E-state index < -0.39 is 5.41 Å². The lowest BCUT2D eigenvalue weighted by molar-refractivity contribution is -0.123. The summed E-state index contributed by atoms with van der Waals surface area (Å²) in [5.74, 6) is 0.957. The smallest absolute Gasteiger partial charge is 0.170 e. The molecule has 2 aliphatic rings. The zero-order chi connectivity index (χ0) is 15.6. The fourth-order valence-electron chi connectivity index (χ4n) is 4.29. The Morgan fingerprint density at radius 3 is 2.59 bits per heavy atom. The minimum atomic E-state index is -0.459. The van der Waals surface area contributed by atoms with Crippen molar-refractivity contribution in [3.63, 3.8) is 0 Å². The summed E-state index contributed by atoms with van der Waals surface area (Å²) in [5, 5.41) is 0. The van der Waals surface area contributed by atoms with E-state index in [1.807, 2.05) is 31.2 Å². The molecule has 1 unspecified atom stereocenters. The predicted octanol–water partition coefficient (Wildman–Crippen LogP) is 4.85. The molecule has 118 valence electrons. The van der Waals surface area contributed by atoms with Crippen molar-refractivity contribution in [1.29, 1.82) is 0 Å². The van der Waals surface area contributed by atoms with Gasteiger partial charge in [-0.15, -0.1) is 0 Å². The van der Waals surface area contributed by atoms with Crippen molar-refractivity contribution < 1.29 is 9.59 Å². The van der Waals surface area contributed by atoms with Gasteiger partial charge in [0.1, 0.15) is 0 Å². The molecule has 3 rings (SSSR count). The molecular formula is C20H26O2. The van der Waals surface area contributed by atoms with Gasteiger partial charge in [-0.3, -0.25) is 9.59 Å². The number of carbonyl (C=O) groups excluding carboxylic acids is 2. The van der Waals surface area contributed by atoms with Gasteiger partial charge in [-0.2, -0.15) is 0 Å². The van der Waals surface area contributed by atoms with Crippen LogP contribution >= 0.6 is 0 Å². The van der Waals surface area contributed by atoms with Crippen LogP contribution in [0.3, 0.4) is 0 Å².